The van der Waals surface area contributed by atoms with Crippen LogP contribution in [0, 0.1) is 0 Å². The van der Waals surface area contributed by atoms with Crippen molar-refractivity contribution in [2.75, 3.05) is 5.75 Å². The second-order valence-corrected chi connectivity index (χ2v) is 4.03. The molecular formula is C4H5F3O3S2. The lowest BCUT2D eigenvalue weighted by Crippen LogP contribution is -2.23. The average molecular weight is 222 g/mol. The molecule has 0 aromatic heterocycles. The Morgan fingerprint density at radius 1 is 1.50 bits per heavy atom. The van der Waals surface area contributed by atoms with Crippen LogP contribution in [0.25, 0.3) is 0 Å². The summed E-state index contributed by atoms with van der Waals surface area (Å²) >= 11 is 0.161. The van der Waals surface area contributed by atoms with E-state index in [2.05, 4.69) is 10.2 Å². The van der Waals surface area contributed by atoms with Gasteiger partial charge < -0.3 is 0 Å². The maximum absolute atomic E-state index is 11.5. The number of hydrogen-bond acceptors (Lipinski definition) is 4. The molecule has 0 fully saturated rings. The third-order valence-corrected chi connectivity index (χ3v) is 2.65. The lowest BCUT2D eigenvalue weighted by molar-refractivity contribution is -0.0494. The molecule has 0 aliphatic rings. The fraction of sp³-hybridized carbons (Fsp3) is 0.500. The summed E-state index contributed by atoms with van der Waals surface area (Å²) < 4.78 is 58.3. The minimum absolute atomic E-state index is 0.0324. The van der Waals surface area contributed by atoms with Gasteiger partial charge in [-0.25, -0.2) is 0 Å². The van der Waals surface area contributed by atoms with Crippen molar-refractivity contribution in [3.63, 3.8) is 0 Å². The smallest absolute Gasteiger partial charge is 0.191 e. The molecule has 0 aromatic carbocycles. The van der Waals surface area contributed by atoms with Crippen LogP contribution >= 0.6 is 12.0 Å². The van der Waals surface area contributed by atoms with Crippen LogP contribution in [0.15, 0.2) is 12.7 Å². The van der Waals surface area contributed by atoms with E-state index >= 15 is 0 Å². The molecule has 8 heteroatoms. The van der Waals surface area contributed by atoms with Gasteiger partial charge in [0.15, 0.2) is 0 Å². The van der Waals surface area contributed by atoms with Gasteiger partial charge in [0.2, 0.25) is 0 Å². The van der Waals surface area contributed by atoms with Crippen molar-refractivity contribution in [1.29, 1.82) is 0 Å². The molecule has 0 spiro atoms. The van der Waals surface area contributed by atoms with Crippen LogP contribution in [0.3, 0.4) is 0 Å². The summed E-state index contributed by atoms with van der Waals surface area (Å²) in [5.41, 5.74) is -5.36. The molecular weight excluding hydrogens is 217 g/mol. The highest BCUT2D eigenvalue weighted by atomic mass is 32.3. The molecule has 0 saturated carbocycles. The first-order valence-electron chi connectivity index (χ1n) is 2.54. The highest BCUT2D eigenvalue weighted by molar-refractivity contribution is 8.04. The molecule has 3 nitrogen and oxygen atoms in total. The lowest BCUT2D eigenvalue weighted by atomic mass is 10.8. The molecule has 0 heterocycles. The number of hydrogen-bond donors (Lipinski definition) is 0. The van der Waals surface area contributed by atoms with Crippen LogP contribution in [0.4, 0.5) is 13.2 Å². The molecule has 0 saturated heterocycles. The molecule has 0 amide bonds. The Morgan fingerprint density at radius 2 is 2.00 bits per heavy atom. The monoisotopic (exact) mass is 222 g/mol. The molecule has 0 aliphatic carbocycles. The molecule has 0 rings (SSSR count). The van der Waals surface area contributed by atoms with Crippen LogP contribution in [0.2, 0.25) is 0 Å². The number of halogens is 3. The summed E-state index contributed by atoms with van der Waals surface area (Å²) in [7, 11) is -5.45. The predicted molar refractivity (Wildman–Crippen MR) is 38.7 cm³/mol. The zero-order valence-corrected chi connectivity index (χ0v) is 7.30. The van der Waals surface area contributed by atoms with Gasteiger partial charge in [0, 0.05) is 17.8 Å². The van der Waals surface area contributed by atoms with E-state index < -0.39 is 15.6 Å². The maximum Gasteiger partial charge on any atom is 0.524 e. The third kappa shape index (κ3) is 3.46. The van der Waals surface area contributed by atoms with Crippen LogP contribution in [0.1, 0.15) is 0 Å². The standard InChI is InChI=1S/C4H5F3O3S2/c1-2-3-11-10-12(8,9)4(5,6)7/h2H,1,3H2. The van der Waals surface area contributed by atoms with Gasteiger partial charge in [-0.2, -0.15) is 25.2 Å². The Labute approximate surface area is 71.9 Å². The van der Waals surface area contributed by atoms with Crippen molar-refractivity contribution in [3.05, 3.63) is 12.7 Å². The fourth-order valence-corrected chi connectivity index (χ4v) is 1.31. The van der Waals surface area contributed by atoms with E-state index in [1.807, 2.05) is 0 Å². The van der Waals surface area contributed by atoms with E-state index in [1.54, 1.807) is 0 Å². The van der Waals surface area contributed by atoms with E-state index in [1.165, 1.54) is 6.08 Å². The lowest BCUT2D eigenvalue weighted by Gasteiger charge is -2.05. The molecule has 0 unspecified atom stereocenters. The van der Waals surface area contributed by atoms with Crippen molar-refractivity contribution >= 4 is 22.2 Å². The van der Waals surface area contributed by atoms with Crippen molar-refractivity contribution < 1.29 is 25.2 Å². The molecule has 0 aromatic rings. The van der Waals surface area contributed by atoms with Gasteiger partial charge >= 0.3 is 15.6 Å². The summed E-state index contributed by atoms with van der Waals surface area (Å²) in [6.45, 7) is 3.17. The summed E-state index contributed by atoms with van der Waals surface area (Å²) in [6, 6.07) is 0. The van der Waals surface area contributed by atoms with Crippen molar-refractivity contribution in [2.24, 2.45) is 0 Å². The molecule has 0 bridgehead atoms. The maximum atomic E-state index is 11.5. The van der Waals surface area contributed by atoms with Crippen LogP contribution < -0.4 is 0 Å². The molecule has 0 aliphatic heterocycles. The molecule has 0 N–H and O–H groups in total. The van der Waals surface area contributed by atoms with E-state index in [-0.39, 0.29) is 17.8 Å². The van der Waals surface area contributed by atoms with Gasteiger partial charge in [0.25, 0.3) is 0 Å². The second kappa shape index (κ2) is 4.15. The van der Waals surface area contributed by atoms with E-state index in [4.69, 9.17) is 0 Å². The summed E-state index contributed by atoms with van der Waals surface area (Å²) in [4.78, 5) is 0. The van der Waals surface area contributed by atoms with Gasteiger partial charge in [-0.1, -0.05) is 6.08 Å². The minimum Gasteiger partial charge on any atom is -0.191 e. The van der Waals surface area contributed by atoms with E-state index in [0.717, 1.165) is 0 Å². The Morgan fingerprint density at radius 3 is 2.33 bits per heavy atom. The van der Waals surface area contributed by atoms with Gasteiger partial charge in [0.1, 0.15) is 0 Å². The first-order valence-corrected chi connectivity index (χ1v) is 4.86. The average Bonchev–Trinajstić information content (AvgIpc) is 1.85. The Balaban J connectivity index is 4.16. The second-order valence-electron chi connectivity index (χ2n) is 1.54. The first kappa shape index (κ1) is 11.8. The Kier molecular flexibility index (Phi) is 4.08. The fourth-order valence-electron chi connectivity index (χ4n) is 0.178. The summed E-state index contributed by atoms with van der Waals surface area (Å²) in [5, 5.41) is 0. The predicted octanol–water partition coefficient (Wildman–Crippen LogP) is 1.69. The van der Waals surface area contributed by atoms with Gasteiger partial charge in [-0.15, -0.1) is 6.58 Å². The van der Waals surface area contributed by atoms with Gasteiger partial charge in [-0.3, -0.25) is 0 Å². The zero-order valence-electron chi connectivity index (χ0n) is 5.67. The first-order chi connectivity index (χ1) is 5.31. The van der Waals surface area contributed by atoms with E-state index in [9.17, 15) is 21.6 Å². The highest BCUT2D eigenvalue weighted by Gasteiger charge is 2.47. The largest absolute Gasteiger partial charge is 0.524 e. The van der Waals surface area contributed by atoms with Crippen molar-refractivity contribution in [2.45, 2.75) is 5.51 Å². The Bertz CT molecular complexity index is 243. The topological polar surface area (TPSA) is 43.4 Å². The van der Waals surface area contributed by atoms with Gasteiger partial charge in [0.05, 0.1) is 0 Å². The number of alkyl halides is 3. The zero-order chi connectivity index (χ0) is 9.83. The van der Waals surface area contributed by atoms with E-state index in [0.29, 0.717) is 0 Å². The minimum atomic E-state index is -5.45. The van der Waals surface area contributed by atoms with Crippen LogP contribution in [-0.2, 0) is 13.7 Å². The normalized spacial score (nSPS) is 12.9. The van der Waals surface area contributed by atoms with Crippen LogP contribution in [0.5, 0.6) is 0 Å². The number of rotatable bonds is 4. The van der Waals surface area contributed by atoms with Crippen molar-refractivity contribution in [3.8, 4) is 0 Å². The molecule has 12 heavy (non-hydrogen) atoms. The molecule has 0 radical (unpaired) electrons. The van der Waals surface area contributed by atoms with Crippen molar-refractivity contribution in [1.82, 2.24) is 0 Å². The third-order valence-electron chi connectivity index (χ3n) is 0.607. The molecule has 0 atom stereocenters. The Hall–Kier alpha value is -0.210. The quantitative estimate of drug-likeness (QED) is 0.314. The highest BCUT2D eigenvalue weighted by Crippen LogP contribution is 2.27. The summed E-state index contributed by atoms with van der Waals surface area (Å²) in [5.74, 6) is -0.0324. The van der Waals surface area contributed by atoms with Gasteiger partial charge in [-0.05, 0) is 0 Å². The summed E-state index contributed by atoms with van der Waals surface area (Å²) in [6.07, 6.45) is 1.22. The van der Waals surface area contributed by atoms with Crippen LogP contribution in [-0.4, -0.2) is 19.7 Å². The molecule has 72 valence electrons. The SMILES string of the molecule is C=CCSOS(=O)(=O)C(F)(F)F.